The Balaban J connectivity index is 1.15. The lowest BCUT2D eigenvalue weighted by molar-refractivity contribution is -0.116. The second kappa shape index (κ2) is 11.2. The number of aliphatic imine (C=N–C) groups is 1. The Kier molecular flexibility index (Phi) is 7.83. The van der Waals surface area contributed by atoms with E-state index in [-0.39, 0.29) is 11.8 Å². The molecule has 176 valence electrons. The highest BCUT2D eigenvalue weighted by atomic mass is 16.1. The van der Waals surface area contributed by atoms with Gasteiger partial charge in [0.15, 0.2) is 5.96 Å². The Bertz CT molecular complexity index is 967. The molecule has 0 saturated carbocycles. The zero-order valence-electron chi connectivity index (χ0n) is 19.8. The van der Waals surface area contributed by atoms with Crippen LogP contribution in [0.2, 0.25) is 0 Å². The molecule has 33 heavy (non-hydrogen) atoms. The van der Waals surface area contributed by atoms with Crippen molar-refractivity contribution in [2.24, 2.45) is 4.99 Å². The molecule has 2 aliphatic rings. The Hall–Kier alpha value is -3.06. The molecule has 2 aromatic rings. The first kappa shape index (κ1) is 23.1. The molecule has 0 bridgehead atoms. The molecule has 2 aliphatic heterocycles. The second-order valence-corrected chi connectivity index (χ2v) is 8.94. The largest absolute Gasteiger partial charge is 0.369 e. The van der Waals surface area contributed by atoms with Gasteiger partial charge in [0.25, 0.3) is 0 Å². The number of hydrogen-bond donors (Lipinski definition) is 3. The molecule has 1 atom stereocenters. The number of hydrogen-bond acceptors (Lipinski definition) is 4. The van der Waals surface area contributed by atoms with Gasteiger partial charge in [-0.2, -0.15) is 0 Å². The number of rotatable bonds is 7. The van der Waals surface area contributed by atoms with Gasteiger partial charge in [-0.05, 0) is 49.2 Å². The molecule has 0 spiro atoms. The van der Waals surface area contributed by atoms with Gasteiger partial charge < -0.3 is 20.9 Å². The lowest BCUT2D eigenvalue weighted by atomic mass is 9.90. The van der Waals surface area contributed by atoms with Gasteiger partial charge in [-0.1, -0.05) is 30.3 Å². The first-order valence-electron chi connectivity index (χ1n) is 12.0. The van der Waals surface area contributed by atoms with E-state index in [2.05, 4.69) is 68.0 Å². The highest BCUT2D eigenvalue weighted by Gasteiger charge is 2.24. The maximum atomic E-state index is 12.0. The van der Waals surface area contributed by atoms with Crippen molar-refractivity contribution in [1.82, 2.24) is 15.5 Å². The smallest absolute Gasteiger partial charge is 0.225 e. The number of para-hydroxylation sites is 1. The molecule has 7 nitrogen and oxygen atoms in total. The van der Waals surface area contributed by atoms with Crippen LogP contribution in [0.1, 0.15) is 29.9 Å². The van der Waals surface area contributed by atoms with Crippen LogP contribution in [-0.4, -0.2) is 69.6 Å². The first-order valence-corrected chi connectivity index (χ1v) is 12.0. The summed E-state index contributed by atoms with van der Waals surface area (Å²) in [4.78, 5) is 21.4. The van der Waals surface area contributed by atoms with Crippen LogP contribution < -0.4 is 20.9 Å². The van der Waals surface area contributed by atoms with Crippen LogP contribution in [0.5, 0.6) is 0 Å². The predicted molar refractivity (Wildman–Crippen MR) is 136 cm³/mol. The number of fused-ring (bicyclic) bond motifs is 1. The van der Waals surface area contributed by atoms with E-state index in [4.69, 9.17) is 0 Å². The molecule has 2 heterocycles. The van der Waals surface area contributed by atoms with Crippen LogP contribution in [0.15, 0.2) is 53.5 Å². The number of carbonyl (C=O) groups excluding carboxylic acids is 1. The van der Waals surface area contributed by atoms with Crippen molar-refractivity contribution < 1.29 is 4.79 Å². The Morgan fingerprint density at radius 3 is 2.70 bits per heavy atom. The van der Waals surface area contributed by atoms with Gasteiger partial charge in [-0.3, -0.25) is 14.7 Å². The average Bonchev–Trinajstić information content (AvgIpc) is 2.83. The maximum absolute atomic E-state index is 12.0. The van der Waals surface area contributed by atoms with Crippen molar-refractivity contribution >= 4 is 23.2 Å². The maximum Gasteiger partial charge on any atom is 0.225 e. The number of aryl methyl sites for hydroxylation is 1. The van der Waals surface area contributed by atoms with E-state index < -0.39 is 0 Å². The molecule has 1 unspecified atom stereocenters. The van der Waals surface area contributed by atoms with Crippen LogP contribution in [0.3, 0.4) is 0 Å². The highest BCUT2D eigenvalue weighted by Crippen LogP contribution is 2.31. The average molecular weight is 449 g/mol. The minimum atomic E-state index is 0.0749. The van der Waals surface area contributed by atoms with Gasteiger partial charge in [0, 0.05) is 70.0 Å². The van der Waals surface area contributed by atoms with E-state index >= 15 is 0 Å². The third-order valence-corrected chi connectivity index (χ3v) is 6.53. The van der Waals surface area contributed by atoms with E-state index in [1.807, 2.05) is 18.2 Å². The van der Waals surface area contributed by atoms with Crippen molar-refractivity contribution in [2.75, 3.05) is 63.1 Å². The number of anilines is 2. The molecule has 0 radical (unpaired) electrons. The van der Waals surface area contributed by atoms with E-state index in [9.17, 15) is 4.79 Å². The van der Waals surface area contributed by atoms with Gasteiger partial charge in [0.1, 0.15) is 0 Å². The van der Waals surface area contributed by atoms with Crippen LogP contribution in [0.4, 0.5) is 11.4 Å². The van der Waals surface area contributed by atoms with Crippen molar-refractivity contribution in [2.45, 2.75) is 25.7 Å². The number of piperazine rings is 1. The van der Waals surface area contributed by atoms with Gasteiger partial charge in [0.05, 0.1) is 0 Å². The van der Waals surface area contributed by atoms with Gasteiger partial charge in [-0.15, -0.1) is 0 Å². The first-order chi connectivity index (χ1) is 16.1. The minimum Gasteiger partial charge on any atom is -0.369 e. The monoisotopic (exact) mass is 448 g/mol. The lowest BCUT2D eigenvalue weighted by Gasteiger charge is -2.36. The molecular formula is C26H36N6O. The van der Waals surface area contributed by atoms with Crippen LogP contribution in [-0.2, 0) is 4.79 Å². The highest BCUT2D eigenvalue weighted by molar-refractivity contribution is 5.94. The summed E-state index contributed by atoms with van der Waals surface area (Å²) in [5.74, 6) is 1.02. The molecule has 2 aromatic carbocycles. The fourth-order valence-corrected chi connectivity index (χ4v) is 4.69. The molecule has 1 saturated heterocycles. The zero-order chi connectivity index (χ0) is 23.0. The van der Waals surface area contributed by atoms with E-state index in [1.165, 1.54) is 16.8 Å². The van der Waals surface area contributed by atoms with Crippen molar-refractivity contribution in [3.05, 3.63) is 59.7 Å². The molecule has 4 rings (SSSR count). The van der Waals surface area contributed by atoms with Crippen LogP contribution in [0.25, 0.3) is 0 Å². The number of nitrogens with one attached hydrogen (secondary N) is 3. The third kappa shape index (κ3) is 6.26. The van der Waals surface area contributed by atoms with E-state index in [0.717, 1.165) is 57.3 Å². The number of nitrogens with zero attached hydrogens (tertiary/aromatic N) is 3. The summed E-state index contributed by atoms with van der Waals surface area (Å²) in [7, 11) is 1.79. The SMILES string of the molecule is CN=C(NCCCN1CCN(c2cccc(C)c2)CC1)NCC1CC(=O)Nc2ccccc21. The van der Waals surface area contributed by atoms with Crippen LogP contribution in [0, 0.1) is 6.92 Å². The summed E-state index contributed by atoms with van der Waals surface area (Å²) in [6.07, 6.45) is 1.56. The van der Waals surface area contributed by atoms with E-state index in [0.29, 0.717) is 13.0 Å². The summed E-state index contributed by atoms with van der Waals surface area (Å²) in [5, 5.41) is 9.79. The standard InChI is InChI=1S/C26H36N6O/c1-20-7-5-8-22(17-20)32-15-13-31(14-16-32)12-6-11-28-26(27-2)29-19-21-18-25(33)30-24-10-4-3-9-23(21)24/h3-5,7-10,17,21H,6,11-16,18-19H2,1-2H3,(H,30,33)(H2,27,28,29). The van der Waals surface area contributed by atoms with E-state index in [1.54, 1.807) is 7.05 Å². The van der Waals surface area contributed by atoms with Gasteiger partial charge >= 0.3 is 0 Å². The lowest BCUT2D eigenvalue weighted by Crippen LogP contribution is -2.47. The molecule has 7 heteroatoms. The van der Waals surface area contributed by atoms with Crippen molar-refractivity contribution in [3.63, 3.8) is 0 Å². The fourth-order valence-electron chi connectivity index (χ4n) is 4.69. The zero-order valence-corrected chi connectivity index (χ0v) is 19.8. The quantitative estimate of drug-likeness (QED) is 0.345. The van der Waals surface area contributed by atoms with Crippen molar-refractivity contribution in [1.29, 1.82) is 0 Å². The fraction of sp³-hybridized carbons (Fsp3) is 0.462. The summed E-state index contributed by atoms with van der Waals surface area (Å²) < 4.78 is 0. The number of carbonyl (C=O) groups is 1. The molecule has 1 fully saturated rings. The topological polar surface area (TPSA) is 72.0 Å². The van der Waals surface area contributed by atoms with Crippen molar-refractivity contribution in [3.8, 4) is 0 Å². The normalized spacial score (nSPS) is 19.1. The summed E-state index contributed by atoms with van der Waals surface area (Å²) in [6.45, 7) is 9.16. The Morgan fingerprint density at radius 2 is 1.91 bits per heavy atom. The van der Waals surface area contributed by atoms with Gasteiger partial charge in [-0.25, -0.2) is 0 Å². The number of guanidine groups is 1. The Labute approximate surface area is 197 Å². The van der Waals surface area contributed by atoms with Crippen LogP contribution >= 0.6 is 0 Å². The molecule has 3 N–H and O–H groups in total. The molecule has 0 aromatic heterocycles. The molecular weight excluding hydrogens is 412 g/mol. The second-order valence-electron chi connectivity index (χ2n) is 8.94. The number of amides is 1. The minimum absolute atomic E-state index is 0.0749. The Morgan fingerprint density at radius 1 is 1.09 bits per heavy atom. The predicted octanol–water partition coefficient (Wildman–Crippen LogP) is 2.80. The summed E-state index contributed by atoms with van der Waals surface area (Å²) >= 11 is 0. The molecule has 0 aliphatic carbocycles. The summed E-state index contributed by atoms with van der Waals surface area (Å²) in [6, 6.07) is 16.8. The third-order valence-electron chi connectivity index (χ3n) is 6.53. The number of benzene rings is 2. The molecule has 1 amide bonds. The summed E-state index contributed by atoms with van der Waals surface area (Å²) in [5.41, 5.74) is 4.76. The van der Waals surface area contributed by atoms with Gasteiger partial charge in [0.2, 0.25) is 5.91 Å².